The van der Waals surface area contributed by atoms with Crippen LogP contribution < -0.4 is 0 Å². The zero-order valence-corrected chi connectivity index (χ0v) is 16.0. The predicted molar refractivity (Wildman–Crippen MR) is 94.8 cm³/mol. The molecule has 7 nitrogen and oxygen atoms in total. The minimum Gasteiger partial charge on any atom is -0.466 e. The van der Waals surface area contributed by atoms with Crippen LogP contribution in [0.15, 0.2) is 40.9 Å². The van der Waals surface area contributed by atoms with Gasteiger partial charge >= 0.3 is 23.9 Å². The molecular formula is C18H19BrO7. The number of ether oxygens (including phenoxy) is 3. The third-order valence-corrected chi connectivity index (χ3v) is 4.09. The molecule has 0 spiro atoms. The summed E-state index contributed by atoms with van der Waals surface area (Å²) in [6, 6.07) is 7.09. The van der Waals surface area contributed by atoms with E-state index in [2.05, 4.69) is 20.7 Å². The molecule has 1 rings (SSSR count). The fourth-order valence-electron chi connectivity index (χ4n) is 1.82. The zero-order chi connectivity index (χ0) is 19.5. The Balaban J connectivity index is 2.51. The van der Waals surface area contributed by atoms with Gasteiger partial charge in [0.2, 0.25) is 0 Å². The van der Waals surface area contributed by atoms with Crippen LogP contribution in [0.3, 0.4) is 0 Å². The van der Waals surface area contributed by atoms with Gasteiger partial charge < -0.3 is 14.2 Å². The van der Waals surface area contributed by atoms with Gasteiger partial charge in [0, 0.05) is 16.6 Å². The molecule has 0 aromatic heterocycles. The first kappa shape index (κ1) is 21.6. The molecule has 0 aliphatic rings. The topological polar surface area (TPSA) is 96.0 Å². The largest absolute Gasteiger partial charge is 0.466 e. The van der Waals surface area contributed by atoms with Gasteiger partial charge in [-0.15, -0.1) is 0 Å². The summed E-state index contributed by atoms with van der Waals surface area (Å²) < 4.78 is 14.8. The molecule has 0 saturated carbocycles. The Morgan fingerprint density at radius 2 is 1.77 bits per heavy atom. The molecule has 140 valence electrons. The van der Waals surface area contributed by atoms with Gasteiger partial charge in [-0.2, -0.15) is 0 Å². The van der Waals surface area contributed by atoms with E-state index in [4.69, 9.17) is 9.47 Å². The molecule has 1 aromatic rings. The number of halogens is 1. The van der Waals surface area contributed by atoms with Crippen LogP contribution in [0.2, 0.25) is 0 Å². The Morgan fingerprint density at radius 1 is 1.12 bits per heavy atom. The van der Waals surface area contributed by atoms with E-state index < -0.39 is 29.8 Å². The average Bonchev–Trinajstić information content (AvgIpc) is 2.61. The van der Waals surface area contributed by atoms with Crippen LogP contribution in [-0.2, 0) is 39.8 Å². The highest BCUT2D eigenvalue weighted by molar-refractivity contribution is 9.10. The van der Waals surface area contributed by atoms with E-state index in [-0.39, 0.29) is 13.0 Å². The van der Waals surface area contributed by atoms with E-state index in [1.165, 1.54) is 7.11 Å². The Kier molecular flexibility index (Phi) is 9.29. The van der Waals surface area contributed by atoms with Crippen molar-refractivity contribution in [1.29, 1.82) is 0 Å². The summed E-state index contributed by atoms with van der Waals surface area (Å²) in [4.78, 5) is 46.3. The van der Waals surface area contributed by atoms with E-state index in [0.717, 1.165) is 16.6 Å². The number of benzene rings is 1. The number of hydrogen-bond acceptors (Lipinski definition) is 7. The Hall–Kier alpha value is -2.48. The molecule has 1 atom stereocenters. The van der Waals surface area contributed by atoms with Crippen LogP contribution in [0.5, 0.6) is 0 Å². The van der Waals surface area contributed by atoms with Crippen LogP contribution in [0, 0.1) is 5.92 Å². The third kappa shape index (κ3) is 7.60. The molecule has 0 bridgehead atoms. The van der Waals surface area contributed by atoms with Gasteiger partial charge in [-0.3, -0.25) is 9.59 Å². The molecule has 0 heterocycles. The number of methoxy groups -OCH3 is 1. The molecule has 1 aromatic carbocycles. The van der Waals surface area contributed by atoms with E-state index in [9.17, 15) is 19.2 Å². The standard InChI is InChI=1S/C18H19BrO7/c1-3-12(11-25-16(21)9-8-15(20)24-2)18(23)26-17(22)10-13-6-4-5-7-14(13)19/h4-9,12H,3,10-11H2,1-2H3/b9-8+. The van der Waals surface area contributed by atoms with Crippen molar-refractivity contribution in [1.82, 2.24) is 0 Å². The summed E-state index contributed by atoms with van der Waals surface area (Å²) >= 11 is 3.31. The molecule has 26 heavy (non-hydrogen) atoms. The molecule has 0 radical (unpaired) electrons. The first-order valence-corrected chi connectivity index (χ1v) is 8.57. The van der Waals surface area contributed by atoms with Gasteiger partial charge in [0.25, 0.3) is 0 Å². The Bertz CT molecular complexity index is 697. The van der Waals surface area contributed by atoms with Crippen molar-refractivity contribution in [3.63, 3.8) is 0 Å². The fraction of sp³-hybridized carbons (Fsp3) is 0.333. The van der Waals surface area contributed by atoms with Crippen molar-refractivity contribution in [2.75, 3.05) is 13.7 Å². The molecule has 0 aliphatic carbocycles. The molecule has 0 fully saturated rings. The molecule has 0 N–H and O–H groups in total. The molecular weight excluding hydrogens is 408 g/mol. The smallest absolute Gasteiger partial charge is 0.331 e. The highest BCUT2D eigenvalue weighted by Gasteiger charge is 2.23. The molecule has 8 heteroatoms. The lowest BCUT2D eigenvalue weighted by atomic mass is 10.1. The van der Waals surface area contributed by atoms with Crippen molar-refractivity contribution in [3.05, 3.63) is 46.5 Å². The summed E-state index contributed by atoms with van der Waals surface area (Å²) in [5, 5.41) is 0. The van der Waals surface area contributed by atoms with Crippen LogP contribution in [0.1, 0.15) is 18.9 Å². The summed E-state index contributed by atoms with van der Waals surface area (Å²) in [6.07, 6.45) is 2.05. The Labute approximate surface area is 159 Å². The summed E-state index contributed by atoms with van der Waals surface area (Å²) in [5.41, 5.74) is 0.692. The monoisotopic (exact) mass is 426 g/mol. The van der Waals surface area contributed by atoms with Crippen LogP contribution >= 0.6 is 15.9 Å². The lowest BCUT2D eigenvalue weighted by molar-refractivity contribution is -0.164. The number of carbonyl (C=O) groups is 4. The van der Waals surface area contributed by atoms with Gasteiger partial charge in [0.15, 0.2) is 0 Å². The SMILES string of the molecule is CCC(COC(=O)/C=C/C(=O)OC)C(=O)OC(=O)Cc1ccccc1Br. The number of hydrogen-bond donors (Lipinski definition) is 0. The summed E-state index contributed by atoms with van der Waals surface area (Å²) in [5.74, 6) is -3.76. The van der Waals surface area contributed by atoms with Gasteiger partial charge in [0.05, 0.1) is 19.4 Å². The second-order valence-electron chi connectivity index (χ2n) is 5.15. The maximum Gasteiger partial charge on any atom is 0.331 e. The summed E-state index contributed by atoms with van der Waals surface area (Å²) in [7, 11) is 1.17. The average molecular weight is 427 g/mol. The van der Waals surface area contributed by atoms with Gasteiger partial charge in [-0.1, -0.05) is 41.1 Å². The molecule has 0 aliphatic heterocycles. The Morgan fingerprint density at radius 3 is 2.38 bits per heavy atom. The quantitative estimate of drug-likeness (QED) is 0.272. The van der Waals surface area contributed by atoms with Crippen LogP contribution in [-0.4, -0.2) is 37.6 Å². The van der Waals surface area contributed by atoms with E-state index >= 15 is 0 Å². The van der Waals surface area contributed by atoms with Crippen LogP contribution in [0.25, 0.3) is 0 Å². The number of esters is 4. The zero-order valence-electron chi connectivity index (χ0n) is 14.4. The third-order valence-electron chi connectivity index (χ3n) is 3.32. The number of rotatable bonds is 8. The molecule has 0 amide bonds. The van der Waals surface area contributed by atoms with Gasteiger partial charge in [-0.25, -0.2) is 9.59 Å². The van der Waals surface area contributed by atoms with E-state index in [1.54, 1.807) is 31.2 Å². The van der Waals surface area contributed by atoms with Crippen LogP contribution in [0.4, 0.5) is 0 Å². The van der Waals surface area contributed by atoms with Crippen molar-refractivity contribution in [2.24, 2.45) is 5.92 Å². The first-order chi connectivity index (χ1) is 12.4. The predicted octanol–water partition coefficient (Wildman–Crippen LogP) is 2.36. The lowest BCUT2D eigenvalue weighted by Gasteiger charge is -2.13. The minimum atomic E-state index is -0.804. The summed E-state index contributed by atoms with van der Waals surface area (Å²) in [6.45, 7) is 1.43. The fourth-order valence-corrected chi connectivity index (χ4v) is 2.24. The number of carbonyl (C=O) groups excluding carboxylic acids is 4. The van der Waals surface area contributed by atoms with Gasteiger partial charge in [0.1, 0.15) is 6.61 Å². The van der Waals surface area contributed by atoms with Crippen molar-refractivity contribution in [3.8, 4) is 0 Å². The highest BCUT2D eigenvalue weighted by Crippen LogP contribution is 2.17. The maximum absolute atomic E-state index is 12.0. The second-order valence-corrected chi connectivity index (χ2v) is 6.01. The van der Waals surface area contributed by atoms with Crippen molar-refractivity contribution >= 4 is 39.8 Å². The molecule has 0 saturated heterocycles. The van der Waals surface area contributed by atoms with Crippen molar-refractivity contribution < 1.29 is 33.4 Å². The maximum atomic E-state index is 12.0. The highest BCUT2D eigenvalue weighted by atomic mass is 79.9. The first-order valence-electron chi connectivity index (χ1n) is 7.78. The lowest BCUT2D eigenvalue weighted by Crippen LogP contribution is -2.26. The minimum absolute atomic E-state index is 0.0642. The van der Waals surface area contributed by atoms with Gasteiger partial charge in [-0.05, 0) is 18.1 Å². The van der Waals surface area contributed by atoms with Crippen molar-refractivity contribution in [2.45, 2.75) is 19.8 Å². The normalized spacial score (nSPS) is 11.7. The molecule has 1 unspecified atom stereocenters. The second kappa shape index (κ2) is 11.2. The van der Waals surface area contributed by atoms with E-state index in [0.29, 0.717) is 12.0 Å². The van der Waals surface area contributed by atoms with E-state index in [1.807, 2.05) is 0 Å².